The van der Waals surface area contributed by atoms with Gasteiger partial charge in [-0.3, -0.25) is 4.79 Å². The van der Waals surface area contributed by atoms with Crippen LogP contribution in [0.3, 0.4) is 0 Å². The Morgan fingerprint density at radius 2 is 1.78 bits per heavy atom. The van der Waals surface area contributed by atoms with Crippen LogP contribution in [0, 0.1) is 5.82 Å². The summed E-state index contributed by atoms with van der Waals surface area (Å²) in [6.07, 6.45) is -4.04. The molecular formula is C25H31F4N3O4. The Hall–Kier alpha value is -2.82. The number of amides is 2. The number of rotatable bonds is 3. The van der Waals surface area contributed by atoms with Crippen LogP contribution in [0.2, 0.25) is 0 Å². The zero-order valence-corrected chi connectivity index (χ0v) is 20.6. The van der Waals surface area contributed by atoms with E-state index in [4.69, 9.17) is 9.47 Å². The van der Waals surface area contributed by atoms with Crippen LogP contribution < -0.4 is 0 Å². The molecule has 0 saturated carbocycles. The van der Waals surface area contributed by atoms with Crippen molar-refractivity contribution in [3.8, 4) is 0 Å². The van der Waals surface area contributed by atoms with Gasteiger partial charge in [0.25, 0.3) is 0 Å². The minimum atomic E-state index is -4.55. The topological polar surface area (TPSA) is 64.0 Å². The van der Waals surface area contributed by atoms with E-state index in [1.165, 1.54) is 6.07 Å². The van der Waals surface area contributed by atoms with Crippen LogP contribution in [0.5, 0.6) is 0 Å². The number of aromatic nitrogens is 1. The van der Waals surface area contributed by atoms with Gasteiger partial charge in [0, 0.05) is 31.2 Å². The number of alkyl halides is 3. The highest BCUT2D eigenvalue weighted by atomic mass is 19.4. The predicted molar refractivity (Wildman–Crippen MR) is 124 cm³/mol. The highest BCUT2D eigenvalue weighted by Gasteiger charge is 2.44. The third-order valence-electron chi connectivity index (χ3n) is 6.56. The molecule has 11 heteroatoms. The standard InChI is InChI=1S/C25H31F4N3O4/c1-24(2,3)36-23(34)30-9-7-16(8-10-30)17-13-32(19-6-4-5-18(26)22(17)19)15-21(33)31-11-12-35-20(14-31)25(27,28)29/h4-6,13,16,20H,7-12,14-15H2,1-3H3/t20-/m0/s1. The lowest BCUT2D eigenvalue weighted by atomic mass is 9.89. The fraction of sp³-hybridized carbons (Fsp3) is 0.600. The first-order valence-electron chi connectivity index (χ1n) is 12.0. The Bertz CT molecular complexity index is 1120. The van der Waals surface area contributed by atoms with Gasteiger partial charge in [0.05, 0.1) is 18.7 Å². The van der Waals surface area contributed by atoms with Gasteiger partial charge in [-0.2, -0.15) is 13.2 Å². The lowest BCUT2D eigenvalue weighted by Crippen LogP contribution is -2.51. The van der Waals surface area contributed by atoms with E-state index < -0.39 is 36.2 Å². The molecule has 0 bridgehead atoms. The zero-order valence-electron chi connectivity index (χ0n) is 20.6. The third-order valence-corrected chi connectivity index (χ3v) is 6.56. The van der Waals surface area contributed by atoms with Crippen molar-refractivity contribution in [2.24, 2.45) is 0 Å². The van der Waals surface area contributed by atoms with E-state index in [-0.39, 0.29) is 31.7 Å². The lowest BCUT2D eigenvalue weighted by molar-refractivity contribution is -0.236. The molecule has 0 aliphatic carbocycles. The van der Waals surface area contributed by atoms with Gasteiger partial charge < -0.3 is 23.8 Å². The van der Waals surface area contributed by atoms with E-state index >= 15 is 0 Å². The van der Waals surface area contributed by atoms with Gasteiger partial charge in [-0.25, -0.2) is 9.18 Å². The number of benzene rings is 1. The van der Waals surface area contributed by atoms with Crippen LogP contribution in [0.1, 0.15) is 45.1 Å². The molecule has 3 heterocycles. The first-order valence-corrected chi connectivity index (χ1v) is 12.0. The van der Waals surface area contributed by atoms with Gasteiger partial charge in [0.15, 0.2) is 6.10 Å². The highest BCUT2D eigenvalue weighted by molar-refractivity contribution is 5.87. The maximum Gasteiger partial charge on any atom is 0.416 e. The van der Waals surface area contributed by atoms with Crippen molar-refractivity contribution in [2.75, 3.05) is 32.8 Å². The quantitative estimate of drug-likeness (QED) is 0.559. The number of halogens is 4. The molecule has 2 aliphatic heterocycles. The summed E-state index contributed by atoms with van der Waals surface area (Å²) >= 11 is 0. The van der Waals surface area contributed by atoms with E-state index in [9.17, 15) is 27.2 Å². The number of morpholine rings is 1. The maximum atomic E-state index is 14.9. The van der Waals surface area contributed by atoms with Crippen LogP contribution in [-0.4, -0.2) is 77.0 Å². The molecule has 1 atom stereocenters. The zero-order chi connectivity index (χ0) is 26.3. The first kappa shape index (κ1) is 26.2. The summed E-state index contributed by atoms with van der Waals surface area (Å²) in [6.45, 7) is 5.41. The molecule has 2 amide bonds. The van der Waals surface area contributed by atoms with E-state index in [0.29, 0.717) is 36.8 Å². The fourth-order valence-corrected chi connectivity index (χ4v) is 4.80. The second-order valence-corrected chi connectivity index (χ2v) is 10.3. The molecule has 7 nitrogen and oxygen atoms in total. The van der Waals surface area contributed by atoms with Crippen LogP contribution >= 0.6 is 0 Å². The molecule has 2 saturated heterocycles. The second-order valence-electron chi connectivity index (χ2n) is 10.3. The molecule has 0 spiro atoms. The van der Waals surface area contributed by atoms with E-state index in [0.717, 1.165) is 10.5 Å². The molecule has 1 aromatic carbocycles. The van der Waals surface area contributed by atoms with Gasteiger partial charge in [-0.1, -0.05) is 6.07 Å². The molecule has 36 heavy (non-hydrogen) atoms. The molecule has 0 unspecified atom stereocenters. The molecule has 2 fully saturated rings. The molecular weight excluding hydrogens is 482 g/mol. The highest BCUT2D eigenvalue weighted by Crippen LogP contribution is 2.36. The summed E-state index contributed by atoms with van der Waals surface area (Å²) in [5.74, 6) is -0.954. The number of carbonyl (C=O) groups is 2. The number of likely N-dealkylation sites (tertiary alicyclic amines) is 1. The number of fused-ring (bicyclic) bond motifs is 1. The minimum Gasteiger partial charge on any atom is -0.444 e. The summed E-state index contributed by atoms with van der Waals surface area (Å²) in [5.41, 5.74) is 0.640. The second kappa shape index (κ2) is 9.91. The normalized spacial score (nSPS) is 20.1. The number of hydrogen-bond acceptors (Lipinski definition) is 4. The van der Waals surface area contributed by atoms with Crippen LogP contribution in [0.4, 0.5) is 22.4 Å². The molecule has 1 aromatic heterocycles. The summed E-state index contributed by atoms with van der Waals surface area (Å²) in [4.78, 5) is 28.1. The SMILES string of the molecule is CC(C)(C)OC(=O)N1CCC(c2cn(CC(=O)N3CCO[C@H](C(F)(F)F)C3)c3cccc(F)c23)CC1. The summed E-state index contributed by atoms with van der Waals surface area (Å²) in [7, 11) is 0. The molecule has 198 valence electrons. The summed E-state index contributed by atoms with van der Waals surface area (Å²) < 4.78 is 66.0. The Morgan fingerprint density at radius 3 is 2.42 bits per heavy atom. The Morgan fingerprint density at radius 1 is 1.08 bits per heavy atom. The molecule has 0 radical (unpaired) electrons. The van der Waals surface area contributed by atoms with Crippen molar-refractivity contribution in [2.45, 2.75) is 64.0 Å². The van der Waals surface area contributed by atoms with Crippen LogP contribution in [0.15, 0.2) is 24.4 Å². The number of piperidine rings is 1. The summed E-state index contributed by atoms with van der Waals surface area (Å²) in [5, 5.41) is 0.399. The van der Waals surface area contributed by atoms with Gasteiger partial charge >= 0.3 is 12.3 Å². The van der Waals surface area contributed by atoms with E-state index in [1.807, 2.05) is 0 Å². The number of ether oxygens (including phenoxy) is 2. The van der Waals surface area contributed by atoms with E-state index in [2.05, 4.69) is 0 Å². The Kier molecular flexibility index (Phi) is 7.23. The van der Waals surface area contributed by atoms with Crippen molar-refractivity contribution < 1.29 is 36.6 Å². The van der Waals surface area contributed by atoms with Crippen molar-refractivity contribution in [1.29, 1.82) is 0 Å². The third kappa shape index (κ3) is 5.77. The van der Waals surface area contributed by atoms with Gasteiger partial charge in [0.1, 0.15) is 18.0 Å². The number of carbonyl (C=O) groups excluding carboxylic acids is 2. The lowest BCUT2D eigenvalue weighted by Gasteiger charge is -2.34. The maximum absolute atomic E-state index is 14.9. The Balaban J connectivity index is 1.51. The van der Waals surface area contributed by atoms with Crippen molar-refractivity contribution in [1.82, 2.24) is 14.4 Å². The largest absolute Gasteiger partial charge is 0.444 e. The van der Waals surface area contributed by atoms with Gasteiger partial charge in [-0.05, 0) is 57.2 Å². The van der Waals surface area contributed by atoms with Crippen molar-refractivity contribution >= 4 is 22.9 Å². The average Bonchev–Trinajstić information content (AvgIpc) is 3.17. The average molecular weight is 514 g/mol. The van der Waals surface area contributed by atoms with Crippen molar-refractivity contribution in [3.05, 3.63) is 35.8 Å². The fourth-order valence-electron chi connectivity index (χ4n) is 4.80. The van der Waals surface area contributed by atoms with Crippen LogP contribution in [0.25, 0.3) is 10.9 Å². The Labute approximate surface area is 206 Å². The van der Waals surface area contributed by atoms with Gasteiger partial charge in [-0.15, -0.1) is 0 Å². The summed E-state index contributed by atoms with van der Waals surface area (Å²) in [6, 6.07) is 4.59. The van der Waals surface area contributed by atoms with Crippen LogP contribution in [-0.2, 0) is 20.8 Å². The monoisotopic (exact) mass is 513 g/mol. The van der Waals surface area contributed by atoms with Crippen molar-refractivity contribution in [3.63, 3.8) is 0 Å². The van der Waals surface area contributed by atoms with Gasteiger partial charge in [0.2, 0.25) is 5.91 Å². The predicted octanol–water partition coefficient (Wildman–Crippen LogP) is 4.68. The molecule has 2 aliphatic rings. The van der Waals surface area contributed by atoms with E-state index in [1.54, 1.807) is 48.6 Å². The molecule has 2 aromatic rings. The smallest absolute Gasteiger partial charge is 0.416 e. The minimum absolute atomic E-state index is 0.0440. The first-order chi connectivity index (χ1) is 16.8. The molecule has 0 N–H and O–H groups in total. The number of hydrogen-bond donors (Lipinski definition) is 0. The molecule has 4 rings (SSSR count). The number of nitrogens with zero attached hydrogens (tertiary/aromatic N) is 3.